The highest BCUT2D eigenvalue weighted by Gasteiger charge is 2.33. The molecule has 2 N–H and O–H groups in total. The summed E-state index contributed by atoms with van der Waals surface area (Å²) in [7, 11) is 0. The van der Waals surface area contributed by atoms with Crippen LogP contribution in [0, 0.1) is 5.92 Å². The Bertz CT molecular complexity index is 601. The van der Waals surface area contributed by atoms with E-state index in [4.69, 9.17) is 5.73 Å². The van der Waals surface area contributed by atoms with E-state index in [2.05, 4.69) is 0 Å². The zero-order valence-corrected chi connectivity index (χ0v) is 12.8. The third-order valence-electron chi connectivity index (χ3n) is 4.21. The standard InChI is InChI=1S/C16H19F3N2O2/c1-10-5-6-12(15(20)23)9-21(10)14(22)8-11-3-2-4-13(7-11)16(17,18)19/h2-4,7,10,12H,5-6,8-9H2,1H3,(H2,20,23)/t10-,12-/m0/s1. The molecule has 0 aliphatic carbocycles. The number of carbonyl (C=O) groups excluding carboxylic acids is 2. The van der Waals surface area contributed by atoms with E-state index in [1.54, 1.807) is 4.90 Å². The van der Waals surface area contributed by atoms with Crippen LogP contribution in [0.5, 0.6) is 0 Å². The lowest BCUT2D eigenvalue weighted by atomic mass is 9.92. The number of benzene rings is 1. The average Bonchev–Trinajstić information content (AvgIpc) is 2.46. The molecule has 2 atom stereocenters. The number of alkyl halides is 3. The van der Waals surface area contributed by atoms with E-state index in [1.165, 1.54) is 12.1 Å². The van der Waals surface area contributed by atoms with E-state index in [9.17, 15) is 22.8 Å². The van der Waals surface area contributed by atoms with Crippen molar-refractivity contribution < 1.29 is 22.8 Å². The number of primary amides is 1. The summed E-state index contributed by atoms with van der Waals surface area (Å²) < 4.78 is 38.1. The normalized spacial score (nSPS) is 22.0. The average molecular weight is 328 g/mol. The maximum atomic E-state index is 12.7. The Morgan fingerprint density at radius 2 is 2.00 bits per heavy atom. The predicted molar refractivity (Wildman–Crippen MR) is 78.2 cm³/mol. The number of nitrogens with two attached hydrogens (primary N) is 1. The lowest BCUT2D eigenvalue weighted by molar-refractivity contribution is -0.139. The Balaban J connectivity index is 2.10. The van der Waals surface area contributed by atoms with Crippen molar-refractivity contribution in [2.45, 2.75) is 38.4 Å². The summed E-state index contributed by atoms with van der Waals surface area (Å²) in [4.78, 5) is 25.2. The molecule has 126 valence electrons. The van der Waals surface area contributed by atoms with Gasteiger partial charge in [-0.3, -0.25) is 9.59 Å². The molecule has 1 aromatic rings. The molecule has 1 heterocycles. The van der Waals surface area contributed by atoms with Crippen molar-refractivity contribution in [1.82, 2.24) is 4.90 Å². The maximum absolute atomic E-state index is 12.7. The maximum Gasteiger partial charge on any atom is 0.416 e. The summed E-state index contributed by atoms with van der Waals surface area (Å²) >= 11 is 0. The molecule has 0 spiro atoms. The van der Waals surface area contributed by atoms with Gasteiger partial charge in [0, 0.05) is 12.6 Å². The minimum Gasteiger partial charge on any atom is -0.369 e. The zero-order valence-electron chi connectivity index (χ0n) is 12.8. The number of nitrogens with zero attached hydrogens (tertiary/aromatic N) is 1. The lowest BCUT2D eigenvalue weighted by Crippen LogP contribution is -2.49. The van der Waals surface area contributed by atoms with Crippen molar-refractivity contribution in [3.63, 3.8) is 0 Å². The summed E-state index contributed by atoms with van der Waals surface area (Å²) in [5.41, 5.74) is 4.82. The third kappa shape index (κ3) is 4.24. The molecule has 0 unspecified atom stereocenters. The van der Waals surface area contributed by atoms with Crippen molar-refractivity contribution >= 4 is 11.8 Å². The molecule has 1 aliphatic heterocycles. The molecule has 2 rings (SSSR count). The van der Waals surface area contributed by atoms with Crippen molar-refractivity contribution in [3.8, 4) is 0 Å². The van der Waals surface area contributed by atoms with Crippen LogP contribution in [0.2, 0.25) is 0 Å². The quantitative estimate of drug-likeness (QED) is 0.926. The highest BCUT2D eigenvalue weighted by atomic mass is 19.4. The molecular weight excluding hydrogens is 309 g/mol. The number of piperidine rings is 1. The Kier molecular flexibility index (Phi) is 4.97. The van der Waals surface area contributed by atoms with Crippen LogP contribution in [0.4, 0.5) is 13.2 Å². The minimum absolute atomic E-state index is 0.0519. The monoisotopic (exact) mass is 328 g/mol. The van der Waals surface area contributed by atoms with Gasteiger partial charge in [0.2, 0.25) is 11.8 Å². The number of rotatable bonds is 3. The van der Waals surface area contributed by atoms with Crippen LogP contribution >= 0.6 is 0 Å². The number of hydrogen-bond donors (Lipinski definition) is 1. The first kappa shape index (κ1) is 17.3. The fraction of sp³-hybridized carbons (Fsp3) is 0.500. The molecule has 4 nitrogen and oxygen atoms in total. The SMILES string of the molecule is C[C@H]1CC[C@H](C(N)=O)CN1C(=O)Cc1cccc(C(F)(F)F)c1. The third-order valence-corrected chi connectivity index (χ3v) is 4.21. The van der Waals surface area contributed by atoms with Crippen LogP contribution in [0.3, 0.4) is 0 Å². The highest BCUT2D eigenvalue weighted by molar-refractivity contribution is 5.81. The summed E-state index contributed by atoms with van der Waals surface area (Å²) in [6.45, 7) is 2.09. The van der Waals surface area contributed by atoms with Crippen molar-refractivity contribution in [3.05, 3.63) is 35.4 Å². The van der Waals surface area contributed by atoms with Gasteiger partial charge in [0.25, 0.3) is 0 Å². The molecule has 2 amide bonds. The fourth-order valence-electron chi connectivity index (χ4n) is 2.82. The van der Waals surface area contributed by atoms with Gasteiger partial charge in [0.15, 0.2) is 0 Å². The second kappa shape index (κ2) is 6.60. The Morgan fingerprint density at radius 1 is 1.30 bits per heavy atom. The van der Waals surface area contributed by atoms with Gasteiger partial charge in [0.1, 0.15) is 0 Å². The van der Waals surface area contributed by atoms with Crippen molar-refractivity contribution in [2.24, 2.45) is 11.7 Å². The smallest absolute Gasteiger partial charge is 0.369 e. The van der Waals surface area contributed by atoms with Crippen molar-refractivity contribution in [2.75, 3.05) is 6.54 Å². The van der Waals surface area contributed by atoms with E-state index in [-0.39, 0.29) is 24.9 Å². The summed E-state index contributed by atoms with van der Waals surface area (Å²) in [6, 6.07) is 4.69. The van der Waals surface area contributed by atoms with E-state index in [1.807, 2.05) is 6.92 Å². The Morgan fingerprint density at radius 3 is 2.61 bits per heavy atom. The summed E-state index contributed by atoms with van der Waals surface area (Å²) in [5.74, 6) is -1.13. The minimum atomic E-state index is -4.44. The van der Waals surface area contributed by atoms with Gasteiger partial charge in [-0.1, -0.05) is 18.2 Å². The molecule has 1 saturated heterocycles. The van der Waals surface area contributed by atoms with Gasteiger partial charge >= 0.3 is 6.18 Å². The lowest BCUT2D eigenvalue weighted by Gasteiger charge is -2.37. The number of likely N-dealkylation sites (tertiary alicyclic amines) is 1. The van der Waals surface area contributed by atoms with Crippen LogP contribution in [-0.4, -0.2) is 29.3 Å². The predicted octanol–water partition coefficient (Wildman–Crippen LogP) is 2.36. The Labute approximate surface area is 132 Å². The van der Waals surface area contributed by atoms with E-state index in [0.717, 1.165) is 12.1 Å². The first-order valence-corrected chi connectivity index (χ1v) is 7.43. The van der Waals surface area contributed by atoms with Gasteiger partial charge in [-0.2, -0.15) is 13.2 Å². The second-order valence-corrected chi connectivity index (χ2v) is 5.95. The van der Waals surface area contributed by atoms with Crippen LogP contribution < -0.4 is 5.73 Å². The number of amides is 2. The van der Waals surface area contributed by atoms with Gasteiger partial charge in [-0.15, -0.1) is 0 Å². The van der Waals surface area contributed by atoms with Gasteiger partial charge in [-0.25, -0.2) is 0 Å². The number of halogens is 3. The molecule has 1 fully saturated rings. The molecule has 0 aromatic heterocycles. The van der Waals surface area contributed by atoms with Crippen LogP contribution in [0.15, 0.2) is 24.3 Å². The second-order valence-electron chi connectivity index (χ2n) is 5.95. The van der Waals surface area contributed by atoms with Crippen LogP contribution in [-0.2, 0) is 22.2 Å². The highest BCUT2D eigenvalue weighted by Crippen LogP contribution is 2.30. The fourth-order valence-corrected chi connectivity index (χ4v) is 2.82. The molecule has 0 bridgehead atoms. The molecule has 0 radical (unpaired) electrons. The molecule has 1 aliphatic rings. The van der Waals surface area contributed by atoms with Gasteiger partial charge in [0.05, 0.1) is 17.9 Å². The zero-order chi connectivity index (χ0) is 17.2. The summed E-state index contributed by atoms with van der Waals surface area (Å²) in [6.07, 6.45) is -3.28. The number of carbonyl (C=O) groups is 2. The largest absolute Gasteiger partial charge is 0.416 e. The van der Waals surface area contributed by atoms with Crippen molar-refractivity contribution in [1.29, 1.82) is 0 Å². The van der Waals surface area contributed by atoms with Crippen LogP contribution in [0.1, 0.15) is 30.9 Å². The summed E-state index contributed by atoms with van der Waals surface area (Å²) in [5, 5.41) is 0. The van der Waals surface area contributed by atoms with Crippen LogP contribution in [0.25, 0.3) is 0 Å². The van der Waals surface area contributed by atoms with Gasteiger partial charge < -0.3 is 10.6 Å². The van der Waals surface area contributed by atoms with E-state index >= 15 is 0 Å². The molecule has 7 heteroatoms. The topological polar surface area (TPSA) is 63.4 Å². The Hall–Kier alpha value is -2.05. The first-order valence-electron chi connectivity index (χ1n) is 7.43. The molecule has 23 heavy (non-hydrogen) atoms. The molecule has 0 saturated carbocycles. The molecule has 1 aromatic carbocycles. The van der Waals surface area contributed by atoms with Gasteiger partial charge in [-0.05, 0) is 31.4 Å². The van der Waals surface area contributed by atoms with E-state index < -0.39 is 23.6 Å². The number of hydrogen-bond acceptors (Lipinski definition) is 2. The van der Waals surface area contributed by atoms with E-state index in [0.29, 0.717) is 18.4 Å². The molecular formula is C16H19F3N2O2. The first-order chi connectivity index (χ1) is 10.7.